The van der Waals surface area contributed by atoms with Crippen LogP contribution in [0.2, 0.25) is 0 Å². The Bertz CT molecular complexity index is 1030. The Morgan fingerprint density at radius 1 is 1.16 bits per heavy atom. The van der Waals surface area contributed by atoms with Crippen molar-refractivity contribution in [2.75, 3.05) is 0 Å². The second-order valence-corrected chi connectivity index (χ2v) is 10.3. The van der Waals surface area contributed by atoms with E-state index >= 15 is 0 Å². The molecule has 0 bridgehead atoms. The quantitative estimate of drug-likeness (QED) is 0.305. The Morgan fingerprint density at radius 2 is 1.84 bits per heavy atom. The molecule has 0 spiro atoms. The summed E-state index contributed by atoms with van der Waals surface area (Å²) in [5, 5.41) is 0. The molecule has 7 heteroatoms. The molecule has 1 heterocycles. The maximum absolute atomic E-state index is 13.9. The minimum atomic E-state index is -2.68. The number of rotatable bonds is 9. The van der Waals surface area contributed by atoms with E-state index in [-0.39, 0.29) is 30.1 Å². The van der Waals surface area contributed by atoms with Gasteiger partial charge < -0.3 is 4.57 Å². The molecule has 0 aliphatic heterocycles. The number of Topliss-reactive ketones (excluding diaryl/α,β-unsaturated/α-hetero) is 1. The summed E-state index contributed by atoms with van der Waals surface area (Å²) in [6, 6.07) is 2.38. The van der Waals surface area contributed by atoms with Gasteiger partial charge in [0.25, 0.3) is 5.92 Å². The third kappa shape index (κ3) is 3.75. The smallest absolute Gasteiger partial charge is 0.253 e. The third-order valence-electron chi connectivity index (χ3n) is 8.29. The van der Waals surface area contributed by atoms with Gasteiger partial charge in [-0.1, -0.05) is 13.8 Å². The van der Waals surface area contributed by atoms with Crippen molar-refractivity contribution in [2.45, 2.75) is 96.4 Å². The Morgan fingerprint density at radius 3 is 2.44 bits per heavy atom. The lowest BCUT2D eigenvalue weighted by molar-refractivity contribution is -0.237. The molecule has 4 rings (SSSR count). The van der Waals surface area contributed by atoms with Crippen molar-refractivity contribution >= 4 is 16.8 Å². The average Bonchev–Trinajstić information content (AvgIpc) is 3.05. The van der Waals surface area contributed by atoms with Gasteiger partial charge in [-0.15, -0.1) is 0 Å². The van der Waals surface area contributed by atoms with E-state index in [2.05, 4.69) is 16.5 Å². The van der Waals surface area contributed by atoms with Crippen LogP contribution >= 0.6 is 0 Å². The van der Waals surface area contributed by atoms with Crippen molar-refractivity contribution in [1.82, 2.24) is 9.55 Å². The summed E-state index contributed by atoms with van der Waals surface area (Å²) < 4.78 is 57.5. The van der Waals surface area contributed by atoms with Gasteiger partial charge in [0.2, 0.25) is 0 Å². The lowest BCUT2D eigenvalue weighted by atomic mass is 9.55. The molecule has 176 valence electrons. The molecule has 2 aliphatic carbocycles. The van der Waals surface area contributed by atoms with Crippen LogP contribution in [-0.4, -0.2) is 21.3 Å². The lowest BCUT2D eigenvalue weighted by Crippen LogP contribution is -2.56. The molecule has 32 heavy (non-hydrogen) atoms. The SMILES string of the molecule is CCC1(C)C(CC(=O)CCCCc2nc3cc(F)c(F)cc3n2C2(C)CCC2)CC1(F)F. The highest BCUT2D eigenvalue weighted by atomic mass is 19.3. The molecule has 0 saturated heterocycles. The molecular weight excluding hydrogens is 420 g/mol. The molecule has 2 saturated carbocycles. The highest BCUT2D eigenvalue weighted by Crippen LogP contribution is 2.61. The second kappa shape index (κ2) is 8.14. The highest BCUT2D eigenvalue weighted by molar-refractivity contribution is 5.79. The van der Waals surface area contributed by atoms with Gasteiger partial charge in [-0.05, 0) is 51.4 Å². The number of halogens is 4. The Kier molecular flexibility index (Phi) is 5.91. The van der Waals surface area contributed by atoms with E-state index < -0.39 is 23.0 Å². The number of aryl methyl sites for hydroxylation is 1. The zero-order valence-electron chi connectivity index (χ0n) is 19.1. The lowest BCUT2D eigenvalue weighted by Gasteiger charge is -2.53. The number of hydrogen-bond donors (Lipinski definition) is 0. The van der Waals surface area contributed by atoms with Crippen LogP contribution in [-0.2, 0) is 16.8 Å². The summed E-state index contributed by atoms with van der Waals surface area (Å²) >= 11 is 0. The highest BCUT2D eigenvalue weighted by Gasteiger charge is 2.63. The number of aromatic nitrogens is 2. The van der Waals surface area contributed by atoms with Crippen LogP contribution in [0.3, 0.4) is 0 Å². The fraction of sp³-hybridized carbons (Fsp3) is 0.680. The van der Waals surface area contributed by atoms with E-state index in [1.165, 1.54) is 6.07 Å². The minimum absolute atomic E-state index is 0.0359. The number of alkyl halides is 2. The van der Waals surface area contributed by atoms with Crippen molar-refractivity contribution in [2.24, 2.45) is 11.3 Å². The van der Waals surface area contributed by atoms with Gasteiger partial charge in [0.15, 0.2) is 11.6 Å². The first-order valence-corrected chi connectivity index (χ1v) is 11.8. The number of fused-ring (bicyclic) bond motifs is 1. The number of carbonyl (C=O) groups is 1. The van der Waals surface area contributed by atoms with Crippen LogP contribution < -0.4 is 0 Å². The first kappa shape index (κ1) is 23.2. The number of hydrogen-bond acceptors (Lipinski definition) is 2. The standard InChI is InChI=1S/C25H32F4N2O/c1-4-24(3)16(15-25(24,28)29)12-17(32)8-5-6-9-22-30-20-13-18(26)19(27)14-21(20)31(22)23(2)10-7-11-23/h13-14,16H,4-12,15H2,1-3H3. The fourth-order valence-corrected chi connectivity index (χ4v) is 5.57. The zero-order chi connectivity index (χ0) is 23.3. The summed E-state index contributed by atoms with van der Waals surface area (Å²) in [5.41, 5.74) is -0.157. The molecule has 3 nitrogen and oxygen atoms in total. The topological polar surface area (TPSA) is 34.9 Å². The van der Waals surface area contributed by atoms with Crippen molar-refractivity contribution in [3.05, 3.63) is 29.6 Å². The van der Waals surface area contributed by atoms with Crippen LogP contribution in [0.1, 0.15) is 84.4 Å². The molecule has 0 radical (unpaired) electrons. The van der Waals surface area contributed by atoms with E-state index in [1.807, 2.05) is 0 Å². The number of benzene rings is 1. The minimum Gasteiger partial charge on any atom is -0.322 e. The van der Waals surface area contributed by atoms with Crippen LogP contribution in [0.15, 0.2) is 12.1 Å². The van der Waals surface area contributed by atoms with Gasteiger partial charge in [0.05, 0.1) is 11.0 Å². The zero-order valence-corrected chi connectivity index (χ0v) is 19.1. The van der Waals surface area contributed by atoms with Crippen molar-refractivity contribution in [3.8, 4) is 0 Å². The summed E-state index contributed by atoms with van der Waals surface area (Å²) in [7, 11) is 0. The van der Waals surface area contributed by atoms with Crippen LogP contribution in [0.5, 0.6) is 0 Å². The Balaban J connectivity index is 1.38. The molecule has 2 atom stereocenters. The molecular formula is C25H32F4N2O. The number of ketones is 1. The molecule has 2 unspecified atom stereocenters. The van der Waals surface area contributed by atoms with Gasteiger partial charge in [0, 0.05) is 48.8 Å². The predicted molar refractivity (Wildman–Crippen MR) is 116 cm³/mol. The van der Waals surface area contributed by atoms with Gasteiger partial charge in [-0.2, -0.15) is 0 Å². The third-order valence-corrected chi connectivity index (χ3v) is 8.29. The molecule has 2 aromatic rings. The van der Waals surface area contributed by atoms with Crippen molar-refractivity contribution in [3.63, 3.8) is 0 Å². The Labute approximate surface area is 186 Å². The van der Waals surface area contributed by atoms with E-state index in [0.29, 0.717) is 43.1 Å². The number of nitrogens with zero attached hydrogens (tertiary/aromatic N) is 2. The van der Waals surface area contributed by atoms with Crippen LogP contribution in [0.25, 0.3) is 11.0 Å². The Hall–Kier alpha value is -1.92. The van der Waals surface area contributed by atoms with Gasteiger partial charge >= 0.3 is 0 Å². The van der Waals surface area contributed by atoms with E-state index in [9.17, 15) is 22.4 Å². The number of unbranched alkanes of at least 4 members (excludes halogenated alkanes) is 1. The number of carbonyl (C=O) groups excluding carboxylic acids is 1. The monoisotopic (exact) mass is 452 g/mol. The molecule has 0 N–H and O–H groups in total. The molecule has 1 aromatic heterocycles. The first-order valence-electron chi connectivity index (χ1n) is 11.8. The maximum atomic E-state index is 13.9. The van der Waals surface area contributed by atoms with E-state index in [1.54, 1.807) is 13.8 Å². The molecule has 2 fully saturated rings. The van der Waals surface area contributed by atoms with Gasteiger partial charge in [-0.25, -0.2) is 22.5 Å². The first-order chi connectivity index (χ1) is 15.0. The molecule has 1 aromatic carbocycles. The van der Waals surface area contributed by atoms with Crippen molar-refractivity contribution < 1.29 is 22.4 Å². The summed E-state index contributed by atoms with van der Waals surface area (Å²) in [6.45, 7) is 5.47. The van der Waals surface area contributed by atoms with Crippen molar-refractivity contribution in [1.29, 1.82) is 0 Å². The largest absolute Gasteiger partial charge is 0.322 e. The fourth-order valence-electron chi connectivity index (χ4n) is 5.57. The van der Waals surface area contributed by atoms with E-state index in [0.717, 1.165) is 31.2 Å². The second-order valence-electron chi connectivity index (χ2n) is 10.3. The van der Waals surface area contributed by atoms with E-state index in [4.69, 9.17) is 0 Å². The maximum Gasteiger partial charge on any atom is 0.253 e. The normalized spacial score (nSPS) is 26.0. The molecule has 2 aliphatic rings. The van der Waals surface area contributed by atoms with Crippen LogP contribution in [0.4, 0.5) is 17.6 Å². The number of imidazole rings is 1. The summed E-state index contributed by atoms with van der Waals surface area (Å²) in [4.78, 5) is 17.0. The van der Waals surface area contributed by atoms with Crippen LogP contribution in [0, 0.1) is 23.0 Å². The average molecular weight is 453 g/mol. The van der Waals surface area contributed by atoms with Gasteiger partial charge in [-0.3, -0.25) is 4.79 Å². The predicted octanol–water partition coefficient (Wildman–Crippen LogP) is 6.96. The summed E-state index contributed by atoms with van der Waals surface area (Å²) in [6.07, 6.45) is 5.73. The summed E-state index contributed by atoms with van der Waals surface area (Å²) in [5.74, 6) is -3.88. The molecule has 0 amide bonds. The van der Waals surface area contributed by atoms with Gasteiger partial charge in [0.1, 0.15) is 11.6 Å².